The van der Waals surface area contributed by atoms with Crippen LogP contribution in [0.4, 0.5) is 0 Å². The molecule has 2 aliphatic rings. The molecule has 132 valence electrons. The SMILES string of the molecule is CN=C(NCc1ccccc1OC1CCC1)NCC1(C)CCCO1. The fraction of sp³-hybridized carbons (Fsp3) is 0.632. The maximum Gasteiger partial charge on any atom is 0.191 e. The summed E-state index contributed by atoms with van der Waals surface area (Å²) in [7, 11) is 1.80. The van der Waals surface area contributed by atoms with E-state index in [0.29, 0.717) is 12.6 Å². The van der Waals surface area contributed by atoms with Gasteiger partial charge in [-0.15, -0.1) is 0 Å². The van der Waals surface area contributed by atoms with Gasteiger partial charge in [0.2, 0.25) is 0 Å². The molecule has 0 aromatic heterocycles. The highest BCUT2D eigenvalue weighted by Gasteiger charge is 2.29. The van der Waals surface area contributed by atoms with Gasteiger partial charge in [-0.1, -0.05) is 18.2 Å². The maximum absolute atomic E-state index is 6.08. The van der Waals surface area contributed by atoms with E-state index in [1.807, 2.05) is 12.1 Å². The standard InChI is InChI=1S/C19H29N3O2/c1-19(11-6-12-23-19)14-22-18(20-2)21-13-15-7-3-4-10-17(15)24-16-8-5-9-16/h3-4,7,10,16H,5-6,8-9,11-14H2,1-2H3,(H2,20,21,22). The largest absolute Gasteiger partial charge is 0.490 e. The predicted molar refractivity (Wildman–Crippen MR) is 96.5 cm³/mol. The molecule has 24 heavy (non-hydrogen) atoms. The van der Waals surface area contributed by atoms with Crippen LogP contribution in [0, 0.1) is 0 Å². The molecule has 0 amide bonds. The van der Waals surface area contributed by atoms with Crippen molar-refractivity contribution < 1.29 is 9.47 Å². The summed E-state index contributed by atoms with van der Waals surface area (Å²) in [6.45, 7) is 4.48. The lowest BCUT2D eigenvalue weighted by atomic mass is 9.96. The molecule has 3 rings (SSSR count). The third-order valence-electron chi connectivity index (χ3n) is 4.92. The molecule has 0 spiro atoms. The van der Waals surface area contributed by atoms with Gasteiger partial charge in [0.25, 0.3) is 0 Å². The zero-order chi connectivity index (χ0) is 16.8. The van der Waals surface area contributed by atoms with Crippen molar-refractivity contribution in [3.63, 3.8) is 0 Å². The number of nitrogens with zero attached hydrogens (tertiary/aromatic N) is 1. The van der Waals surface area contributed by atoms with Crippen molar-refractivity contribution in [3.8, 4) is 5.75 Å². The Bertz CT molecular complexity index is 563. The lowest BCUT2D eigenvalue weighted by molar-refractivity contribution is 0.0243. The van der Waals surface area contributed by atoms with Gasteiger partial charge in [0.15, 0.2) is 5.96 Å². The molecular weight excluding hydrogens is 302 g/mol. The lowest BCUT2D eigenvalue weighted by Crippen LogP contribution is -2.45. The minimum Gasteiger partial charge on any atom is -0.490 e. The summed E-state index contributed by atoms with van der Waals surface area (Å²) in [6.07, 6.45) is 6.24. The van der Waals surface area contributed by atoms with E-state index in [0.717, 1.165) is 43.3 Å². The van der Waals surface area contributed by atoms with Gasteiger partial charge >= 0.3 is 0 Å². The number of nitrogens with one attached hydrogen (secondary N) is 2. The van der Waals surface area contributed by atoms with E-state index in [1.54, 1.807) is 7.05 Å². The first-order valence-corrected chi connectivity index (χ1v) is 9.02. The number of aliphatic imine (C=N–C) groups is 1. The summed E-state index contributed by atoms with van der Waals surface area (Å²) in [5.41, 5.74) is 1.08. The lowest BCUT2D eigenvalue weighted by Gasteiger charge is -2.28. The molecule has 1 heterocycles. The van der Waals surface area contributed by atoms with Crippen molar-refractivity contribution in [2.45, 2.75) is 57.3 Å². The number of para-hydroxylation sites is 1. The van der Waals surface area contributed by atoms with Gasteiger partial charge in [0.05, 0.1) is 11.7 Å². The highest BCUT2D eigenvalue weighted by molar-refractivity contribution is 5.79. The van der Waals surface area contributed by atoms with Crippen molar-refractivity contribution in [3.05, 3.63) is 29.8 Å². The minimum atomic E-state index is -0.0805. The van der Waals surface area contributed by atoms with Gasteiger partial charge in [0, 0.05) is 32.3 Å². The molecule has 5 nitrogen and oxygen atoms in total. The van der Waals surface area contributed by atoms with Crippen LogP contribution in [0.1, 0.15) is 44.6 Å². The van der Waals surface area contributed by atoms with Gasteiger partial charge in [-0.2, -0.15) is 0 Å². The Balaban J connectivity index is 1.51. The normalized spacial score (nSPS) is 24.5. The summed E-state index contributed by atoms with van der Waals surface area (Å²) < 4.78 is 11.9. The molecule has 2 fully saturated rings. The Morgan fingerprint density at radius 2 is 2.12 bits per heavy atom. The summed E-state index contributed by atoms with van der Waals surface area (Å²) in [5.74, 6) is 1.78. The third kappa shape index (κ3) is 4.41. The number of hydrogen-bond acceptors (Lipinski definition) is 3. The molecule has 1 aliphatic carbocycles. The maximum atomic E-state index is 6.08. The number of hydrogen-bond donors (Lipinski definition) is 2. The van der Waals surface area contributed by atoms with Crippen LogP contribution in [-0.2, 0) is 11.3 Å². The van der Waals surface area contributed by atoms with Crippen LogP contribution >= 0.6 is 0 Å². The Morgan fingerprint density at radius 1 is 1.29 bits per heavy atom. The van der Waals surface area contributed by atoms with E-state index in [-0.39, 0.29) is 5.60 Å². The second kappa shape index (κ2) is 7.88. The van der Waals surface area contributed by atoms with Crippen LogP contribution in [0.15, 0.2) is 29.3 Å². The van der Waals surface area contributed by atoms with Crippen LogP contribution in [0.3, 0.4) is 0 Å². The van der Waals surface area contributed by atoms with Crippen LogP contribution < -0.4 is 15.4 Å². The molecule has 0 bridgehead atoms. The first-order valence-electron chi connectivity index (χ1n) is 9.02. The van der Waals surface area contributed by atoms with Crippen LogP contribution in [0.2, 0.25) is 0 Å². The first-order chi connectivity index (χ1) is 11.7. The summed E-state index contributed by atoms with van der Waals surface area (Å²) in [6, 6.07) is 8.24. The zero-order valence-electron chi connectivity index (χ0n) is 14.8. The number of ether oxygens (including phenoxy) is 2. The van der Waals surface area contributed by atoms with E-state index in [9.17, 15) is 0 Å². The average molecular weight is 331 g/mol. The molecule has 1 aliphatic heterocycles. The molecular formula is C19H29N3O2. The zero-order valence-corrected chi connectivity index (χ0v) is 14.8. The van der Waals surface area contributed by atoms with Crippen molar-refractivity contribution in [1.29, 1.82) is 0 Å². The second-order valence-electron chi connectivity index (χ2n) is 6.96. The van der Waals surface area contributed by atoms with Crippen molar-refractivity contribution in [1.82, 2.24) is 10.6 Å². The topological polar surface area (TPSA) is 54.9 Å². The van der Waals surface area contributed by atoms with Gasteiger partial charge in [-0.25, -0.2) is 0 Å². The Kier molecular flexibility index (Phi) is 5.61. The average Bonchev–Trinajstić information content (AvgIpc) is 2.99. The minimum absolute atomic E-state index is 0.0805. The van der Waals surface area contributed by atoms with Crippen molar-refractivity contribution in [2.24, 2.45) is 4.99 Å². The van der Waals surface area contributed by atoms with Crippen molar-refractivity contribution in [2.75, 3.05) is 20.2 Å². The van der Waals surface area contributed by atoms with Crippen LogP contribution in [0.25, 0.3) is 0 Å². The van der Waals surface area contributed by atoms with Crippen LogP contribution in [-0.4, -0.2) is 37.9 Å². The molecule has 5 heteroatoms. The van der Waals surface area contributed by atoms with E-state index in [1.165, 1.54) is 19.3 Å². The Morgan fingerprint density at radius 3 is 2.79 bits per heavy atom. The van der Waals surface area contributed by atoms with Crippen LogP contribution in [0.5, 0.6) is 5.75 Å². The molecule has 0 radical (unpaired) electrons. The van der Waals surface area contributed by atoms with E-state index < -0.39 is 0 Å². The second-order valence-corrected chi connectivity index (χ2v) is 6.96. The molecule has 1 aromatic carbocycles. The molecule has 1 unspecified atom stereocenters. The number of guanidine groups is 1. The third-order valence-corrected chi connectivity index (χ3v) is 4.92. The molecule has 2 N–H and O–H groups in total. The smallest absolute Gasteiger partial charge is 0.191 e. The van der Waals surface area contributed by atoms with Gasteiger partial charge in [-0.05, 0) is 45.1 Å². The molecule has 1 atom stereocenters. The molecule has 1 saturated heterocycles. The highest BCUT2D eigenvalue weighted by atomic mass is 16.5. The van der Waals surface area contributed by atoms with E-state index >= 15 is 0 Å². The fourth-order valence-electron chi connectivity index (χ4n) is 3.08. The number of rotatable bonds is 6. The van der Waals surface area contributed by atoms with Crippen molar-refractivity contribution >= 4 is 5.96 Å². The summed E-state index contributed by atoms with van der Waals surface area (Å²) in [5, 5.41) is 6.76. The fourth-order valence-corrected chi connectivity index (χ4v) is 3.08. The quantitative estimate of drug-likeness (QED) is 0.622. The Labute approximate surface area is 144 Å². The summed E-state index contributed by atoms with van der Waals surface area (Å²) >= 11 is 0. The monoisotopic (exact) mass is 331 g/mol. The van der Waals surface area contributed by atoms with Gasteiger partial charge in [0.1, 0.15) is 5.75 Å². The van der Waals surface area contributed by atoms with E-state index in [4.69, 9.17) is 9.47 Å². The highest BCUT2D eigenvalue weighted by Crippen LogP contribution is 2.27. The molecule has 1 saturated carbocycles. The van der Waals surface area contributed by atoms with Gasteiger partial charge in [-0.3, -0.25) is 4.99 Å². The Hall–Kier alpha value is -1.75. The van der Waals surface area contributed by atoms with E-state index in [2.05, 4.69) is 34.7 Å². The predicted octanol–water partition coefficient (Wildman–Crippen LogP) is 2.85. The number of benzene rings is 1. The summed E-state index contributed by atoms with van der Waals surface area (Å²) in [4.78, 5) is 4.31. The van der Waals surface area contributed by atoms with Gasteiger partial charge < -0.3 is 20.1 Å². The molecule has 1 aromatic rings. The first kappa shape index (κ1) is 17.1.